The van der Waals surface area contributed by atoms with Crippen molar-refractivity contribution < 1.29 is 14.3 Å². The van der Waals surface area contributed by atoms with Crippen molar-refractivity contribution in [1.82, 2.24) is 10.2 Å². The Morgan fingerprint density at radius 2 is 2.12 bits per heavy atom. The van der Waals surface area contributed by atoms with Gasteiger partial charge in [0, 0.05) is 13.6 Å². The molecule has 1 aromatic carbocycles. The fraction of sp³-hybridized carbons (Fsp3) is 0.579. The van der Waals surface area contributed by atoms with Gasteiger partial charge >= 0.3 is 5.97 Å². The first-order valence-electron chi connectivity index (χ1n) is 8.65. The lowest BCUT2D eigenvalue weighted by Gasteiger charge is -2.35. The number of carbonyl (C=O) groups is 1. The molecule has 1 N–H and O–H groups in total. The number of aliphatic imine (C=N–C) groups is 1. The molecule has 6 heteroatoms. The van der Waals surface area contributed by atoms with Gasteiger partial charge in [0.15, 0.2) is 5.96 Å². The Morgan fingerprint density at radius 3 is 2.76 bits per heavy atom. The zero-order valence-electron chi connectivity index (χ0n) is 15.8. The number of guanidine groups is 1. The minimum Gasteiger partial charge on any atom is -0.459 e. The average Bonchev–Trinajstić information content (AvgIpc) is 2.54. The molecule has 1 saturated heterocycles. The van der Waals surface area contributed by atoms with E-state index in [1.807, 2.05) is 32.9 Å². The molecule has 0 saturated carbocycles. The standard InChI is InChI=1S/C19H29N3O3/c1-14-8-6-7-9-15(14)16-13-22(10-11-24-16)18(20-5)21-12-17(23)25-19(2,3)4/h6-9,16H,10-13H2,1-5H3,(H,20,21). The smallest absolute Gasteiger partial charge is 0.325 e. The van der Waals surface area contributed by atoms with Gasteiger partial charge in [-0.05, 0) is 38.8 Å². The topological polar surface area (TPSA) is 63.2 Å². The molecule has 0 aliphatic carbocycles. The van der Waals surface area contributed by atoms with Gasteiger partial charge in [0.1, 0.15) is 18.2 Å². The molecule has 0 aromatic heterocycles. The molecular formula is C19H29N3O3. The van der Waals surface area contributed by atoms with Gasteiger partial charge in [-0.2, -0.15) is 0 Å². The number of benzene rings is 1. The summed E-state index contributed by atoms with van der Waals surface area (Å²) in [5.74, 6) is 0.394. The van der Waals surface area contributed by atoms with Crippen LogP contribution >= 0.6 is 0 Å². The molecule has 1 aliphatic rings. The number of ether oxygens (including phenoxy) is 2. The van der Waals surface area contributed by atoms with Gasteiger partial charge in [0.05, 0.1) is 13.2 Å². The summed E-state index contributed by atoms with van der Waals surface area (Å²) in [6.07, 6.45) is -0.00460. The monoisotopic (exact) mass is 347 g/mol. The van der Waals surface area contributed by atoms with Crippen LogP contribution in [0.15, 0.2) is 29.3 Å². The fourth-order valence-corrected chi connectivity index (χ4v) is 2.84. The Morgan fingerprint density at radius 1 is 1.40 bits per heavy atom. The van der Waals surface area contributed by atoms with Crippen LogP contribution in [0, 0.1) is 6.92 Å². The van der Waals surface area contributed by atoms with Crippen LogP contribution in [-0.4, -0.2) is 55.7 Å². The summed E-state index contributed by atoms with van der Waals surface area (Å²) in [7, 11) is 1.72. The van der Waals surface area contributed by atoms with Gasteiger partial charge in [0.25, 0.3) is 0 Å². The van der Waals surface area contributed by atoms with Crippen molar-refractivity contribution in [1.29, 1.82) is 0 Å². The lowest BCUT2D eigenvalue weighted by Crippen LogP contribution is -2.49. The Bertz CT molecular complexity index is 623. The maximum absolute atomic E-state index is 11.9. The molecule has 1 aliphatic heterocycles. The van der Waals surface area contributed by atoms with E-state index in [4.69, 9.17) is 9.47 Å². The molecule has 0 radical (unpaired) electrons. The summed E-state index contributed by atoms with van der Waals surface area (Å²) in [4.78, 5) is 18.3. The van der Waals surface area contributed by atoms with E-state index in [2.05, 4.69) is 34.3 Å². The third-order valence-electron chi connectivity index (χ3n) is 3.92. The Hall–Kier alpha value is -2.08. The minimum absolute atomic E-state index is 0.00460. The van der Waals surface area contributed by atoms with E-state index < -0.39 is 5.60 Å². The Balaban J connectivity index is 1.96. The highest BCUT2D eigenvalue weighted by Crippen LogP contribution is 2.24. The van der Waals surface area contributed by atoms with Crippen molar-refractivity contribution >= 4 is 11.9 Å². The molecule has 1 heterocycles. The predicted molar refractivity (Wildman–Crippen MR) is 98.7 cm³/mol. The second-order valence-corrected chi connectivity index (χ2v) is 7.15. The van der Waals surface area contributed by atoms with Crippen LogP contribution < -0.4 is 5.32 Å². The second-order valence-electron chi connectivity index (χ2n) is 7.15. The first-order chi connectivity index (χ1) is 11.8. The molecular weight excluding hydrogens is 318 g/mol. The van der Waals surface area contributed by atoms with Gasteiger partial charge in [-0.15, -0.1) is 0 Å². The zero-order chi connectivity index (χ0) is 18.4. The normalized spacial score (nSPS) is 18.8. The van der Waals surface area contributed by atoms with Crippen LogP contribution in [-0.2, 0) is 14.3 Å². The quantitative estimate of drug-likeness (QED) is 0.516. The summed E-state index contributed by atoms with van der Waals surface area (Å²) in [6, 6.07) is 8.24. The van der Waals surface area contributed by atoms with Gasteiger partial charge < -0.3 is 19.7 Å². The largest absolute Gasteiger partial charge is 0.459 e. The number of esters is 1. The molecule has 25 heavy (non-hydrogen) atoms. The van der Waals surface area contributed by atoms with Gasteiger partial charge in [-0.3, -0.25) is 9.79 Å². The van der Waals surface area contributed by atoms with Crippen molar-refractivity contribution in [3.05, 3.63) is 35.4 Å². The van der Waals surface area contributed by atoms with E-state index in [1.54, 1.807) is 7.05 Å². The number of nitrogens with zero attached hydrogens (tertiary/aromatic N) is 2. The van der Waals surface area contributed by atoms with E-state index in [0.717, 1.165) is 6.54 Å². The molecule has 1 aromatic rings. The number of rotatable bonds is 3. The van der Waals surface area contributed by atoms with Gasteiger partial charge in [-0.25, -0.2) is 0 Å². The Labute approximate surface area is 150 Å². The molecule has 1 atom stereocenters. The summed E-state index contributed by atoms with van der Waals surface area (Å²) >= 11 is 0. The van der Waals surface area contributed by atoms with Crippen molar-refractivity contribution in [3.8, 4) is 0 Å². The first kappa shape index (κ1) is 19.2. The summed E-state index contributed by atoms with van der Waals surface area (Å²) in [6.45, 7) is 9.79. The lowest BCUT2D eigenvalue weighted by atomic mass is 10.0. The van der Waals surface area contributed by atoms with Crippen LogP contribution in [0.25, 0.3) is 0 Å². The van der Waals surface area contributed by atoms with Crippen LogP contribution in [0.1, 0.15) is 38.0 Å². The third kappa shape index (κ3) is 5.74. The van der Waals surface area contributed by atoms with E-state index in [0.29, 0.717) is 19.1 Å². The average molecular weight is 347 g/mol. The molecule has 2 rings (SSSR count). The summed E-state index contributed by atoms with van der Waals surface area (Å²) in [5.41, 5.74) is 1.91. The number of hydrogen-bond acceptors (Lipinski definition) is 4. The van der Waals surface area contributed by atoms with Crippen molar-refractivity contribution in [2.75, 3.05) is 33.3 Å². The van der Waals surface area contributed by atoms with Gasteiger partial charge in [-0.1, -0.05) is 24.3 Å². The number of hydrogen-bond donors (Lipinski definition) is 1. The van der Waals surface area contributed by atoms with E-state index in [-0.39, 0.29) is 18.6 Å². The molecule has 0 amide bonds. The molecule has 1 unspecified atom stereocenters. The highest BCUT2D eigenvalue weighted by molar-refractivity contribution is 5.84. The number of carbonyl (C=O) groups excluding carboxylic acids is 1. The summed E-state index contributed by atoms with van der Waals surface area (Å²) < 4.78 is 11.3. The van der Waals surface area contributed by atoms with Crippen LogP contribution in [0.4, 0.5) is 0 Å². The maximum Gasteiger partial charge on any atom is 0.325 e. The van der Waals surface area contributed by atoms with Crippen molar-refractivity contribution in [2.24, 2.45) is 4.99 Å². The van der Waals surface area contributed by atoms with E-state index >= 15 is 0 Å². The highest BCUT2D eigenvalue weighted by Gasteiger charge is 2.25. The molecule has 138 valence electrons. The summed E-state index contributed by atoms with van der Waals surface area (Å²) in [5, 5.41) is 3.09. The van der Waals surface area contributed by atoms with Crippen LogP contribution in [0.3, 0.4) is 0 Å². The first-order valence-corrected chi connectivity index (χ1v) is 8.65. The zero-order valence-corrected chi connectivity index (χ0v) is 15.8. The van der Waals surface area contributed by atoms with Crippen LogP contribution in [0.2, 0.25) is 0 Å². The van der Waals surface area contributed by atoms with E-state index in [1.165, 1.54) is 11.1 Å². The molecule has 1 fully saturated rings. The van der Waals surface area contributed by atoms with Crippen LogP contribution in [0.5, 0.6) is 0 Å². The highest BCUT2D eigenvalue weighted by atomic mass is 16.6. The SMILES string of the molecule is CN=C(NCC(=O)OC(C)(C)C)N1CCOC(c2ccccc2C)C1. The molecule has 0 bridgehead atoms. The molecule has 6 nitrogen and oxygen atoms in total. The fourth-order valence-electron chi connectivity index (χ4n) is 2.84. The van der Waals surface area contributed by atoms with Gasteiger partial charge in [0.2, 0.25) is 0 Å². The lowest BCUT2D eigenvalue weighted by molar-refractivity contribution is -0.153. The number of nitrogens with one attached hydrogen (secondary N) is 1. The minimum atomic E-state index is -0.489. The predicted octanol–water partition coefficient (Wildman–Crippen LogP) is 2.29. The number of morpholine rings is 1. The van der Waals surface area contributed by atoms with E-state index in [9.17, 15) is 4.79 Å². The van der Waals surface area contributed by atoms with Crippen molar-refractivity contribution in [2.45, 2.75) is 39.4 Å². The second kappa shape index (κ2) is 8.34. The Kier molecular flexibility index (Phi) is 6.42. The third-order valence-corrected chi connectivity index (χ3v) is 3.92. The number of aryl methyl sites for hydroxylation is 1. The molecule has 0 spiro atoms. The van der Waals surface area contributed by atoms with Crippen molar-refractivity contribution in [3.63, 3.8) is 0 Å². The maximum atomic E-state index is 11.9.